The zero-order valence-corrected chi connectivity index (χ0v) is 32.2. The van der Waals surface area contributed by atoms with Gasteiger partial charge in [0.1, 0.15) is 11.2 Å². The van der Waals surface area contributed by atoms with Gasteiger partial charge in [0.2, 0.25) is 0 Å². The standard InChI is InChI=1S/C53H30N4OS/c1-2-16-34-32(13-1)29-33(57-44-25-6-3-17-35(44)38-20-9-14-31-15-10-26-45(57)48(31)38)30-43(34)53-55-51(41-23-11-21-39-36-18-4-7-27-46(36)58-49(39)41)54-52(56-53)42-24-12-22-40-37-19-5-8-28-47(37)59-50(40)42/h1-30H. The summed E-state index contributed by atoms with van der Waals surface area (Å²) < 4.78 is 8.97. The number of hydrogen-bond acceptors (Lipinski definition) is 6. The molecule has 9 aromatic carbocycles. The predicted molar refractivity (Wildman–Crippen MR) is 245 cm³/mol. The van der Waals surface area contributed by atoms with Gasteiger partial charge in [-0.1, -0.05) is 133 Å². The van der Waals surface area contributed by atoms with Crippen molar-refractivity contribution in [2.75, 3.05) is 4.90 Å². The lowest BCUT2D eigenvalue weighted by molar-refractivity contribution is 0.669. The maximum Gasteiger partial charge on any atom is 0.167 e. The number of benzene rings is 9. The van der Waals surface area contributed by atoms with Crippen LogP contribution in [-0.4, -0.2) is 15.0 Å². The SMILES string of the molecule is c1ccc2c(c1)-c1cccc3cccc(c13)N2c1cc(-c2nc(-c3cccc4c3oc3ccccc34)nc(-c3cccc4c3sc3ccccc34)n2)c2ccccc2c1. The lowest BCUT2D eigenvalue weighted by Gasteiger charge is -2.34. The molecule has 4 heterocycles. The van der Waals surface area contributed by atoms with Gasteiger partial charge in [0, 0.05) is 58.7 Å². The third-order valence-corrected chi connectivity index (χ3v) is 13.1. The van der Waals surface area contributed by atoms with Crippen molar-refractivity contribution in [3.05, 3.63) is 182 Å². The van der Waals surface area contributed by atoms with Crippen LogP contribution in [0.25, 0.3) is 109 Å². The van der Waals surface area contributed by atoms with Gasteiger partial charge in [-0.05, 0) is 70.3 Å². The molecule has 12 aromatic rings. The molecule has 0 fully saturated rings. The molecule has 0 amide bonds. The fourth-order valence-corrected chi connectivity index (χ4v) is 10.4. The Morgan fingerprint density at radius 3 is 1.90 bits per heavy atom. The fourth-order valence-electron chi connectivity index (χ4n) is 9.23. The number of para-hydroxylation sites is 3. The Morgan fingerprint density at radius 2 is 1.00 bits per heavy atom. The van der Waals surface area contributed by atoms with Crippen LogP contribution in [0.3, 0.4) is 0 Å². The summed E-state index contributed by atoms with van der Waals surface area (Å²) in [5.74, 6) is 1.77. The summed E-state index contributed by atoms with van der Waals surface area (Å²) in [6.45, 7) is 0. The van der Waals surface area contributed by atoms with Crippen LogP contribution >= 0.6 is 11.3 Å². The molecule has 0 saturated carbocycles. The maximum atomic E-state index is 6.59. The van der Waals surface area contributed by atoms with E-state index in [9.17, 15) is 0 Å². The first-order chi connectivity index (χ1) is 29.2. The summed E-state index contributed by atoms with van der Waals surface area (Å²) >= 11 is 1.78. The molecule has 274 valence electrons. The molecule has 6 heteroatoms. The number of anilines is 3. The second-order valence-corrected chi connectivity index (χ2v) is 16.2. The summed E-state index contributed by atoms with van der Waals surface area (Å²) in [4.78, 5) is 18.6. The molecular formula is C53H30N4OS. The second kappa shape index (κ2) is 12.4. The Labute approximate surface area is 342 Å². The van der Waals surface area contributed by atoms with E-state index >= 15 is 0 Å². The molecule has 0 unspecified atom stereocenters. The third kappa shape index (κ3) is 4.81. The average molecular weight is 771 g/mol. The van der Waals surface area contributed by atoms with E-state index in [1.54, 1.807) is 11.3 Å². The molecule has 0 spiro atoms. The molecule has 3 aromatic heterocycles. The van der Waals surface area contributed by atoms with E-state index in [-0.39, 0.29) is 0 Å². The van der Waals surface area contributed by atoms with Crippen LogP contribution in [0.1, 0.15) is 0 Å². The summed E-state index contributed by atoms with van der Waals surface area (Å²) in [5.41, 5.74) is 10.0. The van der Waals surface area contributed by atoms with Crippen molar-refractivity contribution in [2.45, 2.75) is 0 Å². The highest BCUT2D eigenvalue weighted by Gasteiger charge is 2.27. The normalized spacial score (nSPS) is 12.4. The molecule has 0 bridgehead atoms. The number of rotatable bonds is 4. The highest BCUT2D eigenvalue weighted by atomic mass is 32.1. The summed E-state index contributed by atoms with van der Waals surface area (Å²) in [6, 6.07) is 64.4. The van der Waals surface area contributed by atoms with E-state index in [1.807, 2.05) is 18.2 Å². The maximum absolute atomic E-state index is 6.59. The summed E-state index contributed by atoms with van der Waals surface area (Å²) in [7, 11) is 0. The van der Waals surface area contributed by atoms with E-state index in [4.69, 9.17) is 19.4 Å². The number of aromatic nitrogens is 3. The first-order valence-electron chi connectivity index (χ1n) is 19.8. The molecule has 1 aliphatic rings. The van der Waals surface area contributed by atoms with Gasteiger partial charge in [-0.2, -0.15) is 0 Å². The Hall–Kier alpha value is -7.67. The van der Waals surface area contributed by atoms with E-state index in [0.29, 0.717) is 17.5 Å². The van der Waals surface area contributed by atoms with Crippen LogP contribution in [0.2, 0.25) is 0 Å². The average Bonchev–Trinajstić information content (AvgIpc) is 3.88. The number of nitrogens with zero attached hydrogens (tertiary/aromatic N) is 4. The molecule has 1 aliphatic heterocycles. The minimum absolute atomic E-state index is 0.560. The molecule has 0 N–H and O–H groups in total. The van der Waals surface area contributed by atoms with Crippen molar-refractivity contribution in [1.82, 2.24) is 15.0 Å². The van der Waals surface area contributed by atoms with Crippen LogP contribution in [0.15, 0.2) is 186 Å². The van der Waals surface area contributed by atoms with Crippen molar-refractivity contribution in [1.29, 1.82) is 0 Å². The van der Waals surface area contributed by atoms with Gasteiger partial charge in [-0.15, -0.1) is 11.3 Å². The molecular weight excluding hydrogens is 741 g/mol. The second-order valence-electron chi connectivity index (χ2n) is 15.1. The van der Waals surface area contributed by atoms with E-state index < -0.39 is 0 Å². The predicted octanol–water partition coefficient (Wildman–Crippen LogP) is 14.9. The zero-order chi connectivity index (χ0) is 38.6. The lowest BCUT2D eigenvalue weighted by atomic mass is 9.90. The third-order valence-electron chi connectivity index (χ3n) is 11.8. The van der Waals surface area contributed by atoms with Gasteiger partial charge >= 0.3 is 0 Å². The van der Waals surface area contributed by atoms with E-state index in [0.717, 1.165) is 71.2 Å². The minimum Gasteiger partial charge on any atom is -0.455 e. The Morgan fingerprint density at radius 1 is 0.407 bits per heavy atom. The van der Waals surface area contributed by atoms with Crippen molar-refractivity contribution in [3.8, 4) is 45.3 Å². The van der Waals surface area contributed by atoms with E-state index in [1.165, 1.54) is 37.4 Å². The van der Waals surface area contributed by atoms with Gasteiger partial charge in [-0.3, -0.25) is 0 Å². The van der Waals surface area contributed by atoms with Gasteiger partial charge in [-0.25, -0.2) is 15.0 Å². The number of furan rings is 1. The summed E-state index contributed by atoms with van der Waals surface area (Å²) in [5, 5.41) is 9.11. The van der Waals surface area contributed by atoms with Crippen molar-refractivity contribution < 1.29 is 4.42 Å². The smallest absolute Gasteiger partial charge is 0.167 e. The number of hydrogen-bond donors (Lipinski definition) is 0. The summed E-state index contributed by atoms with van der Waals surface area (Å²) in [6.07, 6.45) is 0. The Kier molecular flexibility index (Phi) is 6.82. The van der Waals surface area contributed by atoms with Crippen molar-refractivity contribution >= 4 is 92.1 Å². The van der Waals surface area contributed by atoms with Gasteiger partial charge in [0.25, 0.3) is 0 Å². The first kappa shape index (κ1) is 32.4. The van der Waals surface area contributed by atoms with Crippen molar-refractivity contribution in [3.63, 3.8) is 0 Å². The Balaban J connectivity index is 1.11. The topological polar surface area (TPSA) is 55.1 Å². The molecule has 5 nitrogen and oxygen atoms in total. The Bertz CT molecular complexity index is 3580. The molecule has 59 heavy (non-hydrogen) atoms. The van der Waals surface area contributed by atoms with Crippen LogP contribution in [0.5, 0.6) is 0 Å². The number of fused-ring (bicyclic) bond motifs is 9. The van der Waals surface area contributed by atoms with Crippen LogP contribution in [0.4, 0.5) is 17.1 Å². The largest absolute Gasteiger partial charge is 0.455 e. The lowest BCUT2D eigenvalue weighted by Crippen LogP contribution is -2.15. The molecule has 13 rings (SSSR count). The monoisotopic (exact) mass is 770 g/mol. The molecule has 0 atom stereocenters. The number of thiophene rings is 1. The van der Waals surface area contributed by atoms with Crippen LogP contribution < -0.4 is 4.90 Å². The van der Waals surface area contributed by atoms with Crippen LogP contribution in [-0.2, 0) is 0 Å². The highest BCUT2D eigenvalue weighted by molar-refractivity contribution is 7.26. The molecule has 0 aliphatic carbocycles. The minimum atomic E-state index is 0.560. The van der Waals surface area contributed by atoms with Crippen molar-refractivity contribution in [2.24, 2.45) is 0 Å². The fraction of sp³-hybridized carbons (Fsp3) is 0. The zero-order valence-electron chi connectivity index (χ0n) is 31.4. The highest BCUT2D eigenvalue weighted by Crippen LogP contribution is 2.52. The van der Waals surface area contributed by atoms with Crippen LogP contribution in [0, 0.1) is 0 Å². The van der Waals surface area contributed by atoms with Gasteiger partial charge in [0.05, 0.1) is 16.9 Å². The van der Waals surface area contributed by atoms with E-state index in [2.05, 4.69) is 169 Å². The quantitative estimate of drug-likeness (QED) is 0.178. The first-order valence-corrected chi connectivity index (χ1v) is 20.6. The van der Waals surface area contributed by atoms with Gasteiger partial charge < -0.3 is 9.32 Å². The molecule has 0 saturated heterocycles. The molecule has 0 radical (unpaired) electrons. The van der Waals surface area contributed by atoms with Gasteiger partial charge in [0.15, 0.2) is 17.5 Å².